The minimum absolute atomic E-state index is 0.176. The number of hydrogen-bond donors (Lipinski definition) is 1. The van der Waals surface area contributed by atoms with E-state index in [2.05, 4.69) is 14.8 Å². The van der Waals surface area contributed by atoms with E-state index in [0.29, 0.717) is 13.1 Å². The maximum Gasteiger partial charge on any atom is 0.176 e. The van der Waals surface area contributed by atoms with Gasteiger partial charge in [0, 0.05) is 32.9 Å². The van der Waals surface area contributed by atoms with E-state index in [9.17, 15) is 9.59 Å². The lowest BCUT2D eigenvalue weighted by molar-refractivity contribution is 0.0908. The maximum absolute atomic E-state index is 12.9. The van der Waals surface area contributed by atoms with Crippen LogP contribution in [0, 0.1) is 0 Å². The first-order chi connectivity index (χ1) is 15.2. The highest BCUT2D eigenvalue weighted by molar-refractivity contribution is 6.12. The number of nitrogens with one attached hydrogen (secondary N) is 1. The quantitative estimate of drug-likeness (QED) is 0.593. The largest absolute Gasteiger partial charge is 0.355 e. The number of carbonyl (C=O) groups excluding carboxylic acids is 2. The lowest BCUT2D eigenvalue weighted by Gasteiger charge is -2.25. The van der Waals surface area contributed by atoms with E-state index < -0.39 is 0 Å². The Balaban J connectivity index is 1.40. The Morgan fingerprint density at radius 2 is 1.06 bits per heavy atom. The van der Waals surface area contributed by atoms with E-state index in [4.69, 9.17) is 0 Å². The summed E-state index contributed by atoms with van der Waals surface area (Å²) in [5.41, 5.74) is 3.52. The van der Waals surface area contributed by atoms with Crippen LogP contribution in [0.15, 0.2) is 36.4 Å². The highest BCUT2D eigenvalue weighted by atomic mass is 16.1. The Bertz CT molecular complexity index is 1020. The molecule has 1 N–H and O–H groups in total. The first-order valence-corrected chi connectivity index (χ1v) is 11.7. The SMILES string of the molecule is O=C(CN1CCCCC1)c1ccc2[nH]c3ccc(C(=O)CN4CCCCC4)cc3c2c1. The smallest absolute Gasteiger partial charge is 0.176 e. The van der Waals surface area contributed by atoms with Crippen LogP contribution in [0.5, 0.6) is 0 Å². The summed E-state index contributed by atoms with van der Waals surface area (Å²) in [6.07, 6.45) is 7.27. The third kappa shape index (κ3) is 4.43. The predicted molar refractivity (Wildman–Crippen MR) is 125 cm³/mol. The molecule has 3 heterocycles. The van der Waals surface area contributed by atoms with Gasteiger partial charge in [-0.15, -0.1) is 0 Å². The van der Waals surface area contributed by atoms with Gasteiger partial charge in [0.2, 0.25) is 0 Å². The molecule has 0 saturated carbocycles. The Kier molecular flexibility index (Phi) is 5.88. The average Bonchev–Trinajstić information content (AvgIpc) is 3.17. The molecule has 0 amide bonds. The molecule has 2 saturated heterocycles. The Morgan fingerprint density at radius 3 is 1.48 bits per heavy atom. The van der Waals surface area contributed by atoms with Crippen LogP contribution < -0.4 is 0 Å². The number of Topliss-reactive ketones (excluding diaryl/α,β-unsaturated/α-hetero) is 2. The molecule has 2 fully saturated rings. The van der Waals surface area contributed by atoms with Gasteiger partial charge in [0.1, 0.15) is 0 Å². The molecule has 5 heteroatoms. The Labute approximate surface area is 183 Å². The van der Waals surface area contributed by atoms with E-state index in [1.54, 1.807) is 0 Å². The van der Waals surface area contributed by atoms with E-state index in [1.165, 1.54) is 38.5 Å². The molecule has 5 nitrogen and oxygen atoms in total. The van der Waals surface area contributed by atoms with Crippen LogP contribution in [0.3, 0.4) is 0 Å². The molecule has 31 heavy (non-hydrogen) atoms. The zero-order valence-corrected chi connectivity index (χ0v) is 18.2. The van der Waals surface area contributed by atoms with Crippen molar-refractivity contribution < 1.29 is 9.59 Å². The van der Waals surface area contributed by atoms with E-state index in [1.807, 2.05) is 36.4 Å². The zero-order chi connectivity index (χ0) is 21.2. The number of fused-ring (bicyclic) bond motifs is 3. The number of likely N-dealkylation sites (tertiary alicyclic amines) is 2. The molecule has 0 bridgehead atoms. The molecule has 0 atom stereocenters. The Hall–Kier alpha value is -2.50. The van der Waals surface area contributed by atoms with Crippen LogP contribution in [0.2, 0.25) is 0 Å². The van der Waals surface area contributed by atoms with Gasteiger partial charge in [-0.05, 0) is 88.3 Å². The monoisotopic (exact) mass is 417 g/mol. The third-order valence-electron chi connectivity index (χ3n) is 6.87. The first-order valence-electron chi connectivity index (χ1n) is 11.7. The fourth-order valence-electron chi connectivity index (χ4n) is 5.07. The predicted octanol–water partition coefficient (Wildman–Crippen LogP) is 4.66. The number of nitrogens with zero attached hydrogens (tertiary/aromatic N) is 2. The van der Waals surface area contributed by atoms with Crippen LogP contribution in [0.4, 0.5) is 0 Å². The number of benzene rings is 2. The topological polar surface area (TPSA) is 56.4 Å². The van der Waals surface area contributed by atoms with Crippen LogP contribution in [-0.4, -0.2) is 65.6 Å². The molecule has 3 aromatic rings. The van der Waals surface area contributed by atoms with Gasteiger partial charge < -0.3 is 4.98 Å². The summed E-state index contributed by atoms with van der Waals surface area (Å²) in [6.45, 7) is 5.06. The minimum atomic E-state index is 0.176. The van der Waals surface area contributed by atoms with Crippen LogP contribution >= 0.6 is 0 Å². The van der Waals surface area contributed by atoms with E-state index >= 15 is 0 Å². The van der Waals surface area contributed by atoms with Crippen molar-refractivity contribution in [2.45, 2.75) is 38.5 Å². The van der Waals surface area contributed by atoms with Gasteiger partial charge in [-0.1, -0.05) is 12.8 Å². The third-order valence-corrected chi connectivity index (χ3v) is 6.87. The number of carbonyl (C=O) groups is 2. The summed E-state index contributed by atoms with van der Waals surface area (Å²) in [4.78, 5) is 33.8. The van der Waals surface area contributed by atoms with Crippen molar-refractivity contribution in [3.8, 4) is 0 Å². The van der Waals surface area contributed by atoms with Crippen molar-refractivity contribution in [2.75, 3.05) is 39.3 Å². The van der Waals surface area contributed by atoms with Gasteiger partial charge in [-0.25, -0.2) is 0 Å². The highest BCUT2D eigenvalue weighted by Crippen LogP contribution is 2.28. The summed E-state index contributed by atoms with van der Waals surface area (Å²) >= 11 is 0. The van der Waals surface area contributed by atoms with E-state index in [-0.39, 0.29) is 11.6 Å². The number of hydrogen-bond acceptors (Lipinski definition) is 4. The molecule has 2 aliphatic heterocycles. The molecule has 0 aliphatic carbocycles. The average molecular weight is 418 g/mol. The second-order valence-corrected chi connectivity index (χ2v) is 9.17. The zero-order valence-electron chi connectivity index (χ0n) is 18.2. The number of aromatic amines is 1. The Morgan fingerprint density at radius 1 is 0.645 bits per heavy atom. The number of rotatable bonds is 6. The van der Waals surface area contributed by atoms with Crippen LogP contribution in [0.25, 0.3) is 21.8 Å². The summed E-state index contributed by atoms with van der Waals surface area (Å²) in [7, 11) is 0. The van der Waals surface area contributed by atoms with Gasteiger partial charge in [0.05, 0.1) is 13.1 Å². The second-order valence-electron chi connectivity index (χ2n) is 9.17. The standard InChI is InChI=1S/C26H31N3O2/c30-25(17-28-11-3-1-4-12-28)19-7-9-23-21(15-19)22-16-20(8-10-24(22)27-23)26(31)18-29-13-5-2-6-14-29/h7-10,15-16,27H,1-6,11-14,17-18H2. The number of ketones is 2. The van der Waals surface area contributed by atoms with Crippen molar-refractivity contribution in [3.05, 3.63) is 47.5 Å². The van der Waals surface area contributed by atoms with Crippen molar-refractivity contribution >= 4 is 33.4 Å². The van der Waals surface area contributed by atoms with Crippen molar-refractivity contribution in [1.29, 1.82) is 0 Å². The summed E-state index contributed by atoms with van der Waals surface area (Å²) in [5, 5.41) is 2.04. The normalized spacial score (nSPS) is 18.6. The summed E-state index contributed by atoms with van der Waals surface area (Å²) in [6, 6.07) is 11.8. The van der Waals surface area contributed by atoms with Gasteiger partial charge in [0.25, 0.3) is 0 Å². The minimum Gasteiger partial charge on any atom is -0.355 e. The molecule has 2 aromatic carbocycles. The lowest BCUT2D eigenvalue weighted by Crippen LogP contribution is -2.34. The van der Waals surface area contributed by atoms with Crippen molar-refractivity contribution in [1.82, 2.24) is 14.8 Å². The van der Waals surface area contributed by atoms with Gasteiger partial charge in [-0.3, -0.25) is 19.4 Å². The second kappa shape index (κ2) is 8.93. The molecule has 0 radical (unpaired) electrons. The molecule has 162 valence electrons. The van der Waals surface area contributed by atoms with Crippen LogP contribution in [0.1, 0.15) is 59.2 Å². The lowest BCUT2D eigenvalue weighted by atomic mass is 10.0. The molecule has 0 unspecified atom stereocenters. The van der Waals surface area contributed by atoms with Gasteiger partial charge in [-0.2, -0.15) is 0 Å². The number of H-pyrrole nitrogens is 1. The van der Waals surface area contributed by atoms with Crippen molar-refractivity contribution in [3.63, 3.8) is 0 Å². The molecule has 2 aliphatic rings. The highest BCUT2D eigenvalue weighted by Gasteiger charge is 2.18. The summed E-state index contributed by atoms with van der Waals surface area (Å²) < 4.78 is 0. The molecular weight excluding hydrogens is 386 g/mol. The fourth-order valence-corrected chi connectivity index (χ4v) is 5.07. The fraction of sp³-hybridized carbons (Fsp3) is 0.462. The number of aromatic nitrogens is 1. The molecule has 0 spiro atoms. The first kappa shape index (κ1) is 20.4. The maximum atomic E-state index is 12.9. The van der Waals surface area contributed by atoms with E-state index in [0.717, 1.165) is 59.1 Å². The summed E-state index contributed by atoms with van der Waals surface area (Å²) in [5.74, 6) is 0.353. The van der Waals surface area contributed by atoms with Crippen LogP contribution in [-0.2, 0) is 0 Å². The van der Waals surface area contributed by atoms with Crippen molar-refractivity contribution in [2.24, 2.45) is 0 Å². The molecule has 1 aromatic heterocycles. The number of piperidine rings is 2. The molecular formula is C26H31N3O2. The van der Waals surface area contributed by atoms with Gasteiger partial charge >= 0.3 is 0 Å². The van der Waals surface area contributed by atoms with Gasteiger partial charge in [0.15, 0.2) is 11.6 Å². The molecule has 5 rings (SSSR count).